The number of primary sulfonamides is 1. The minimum Gasteiger partial charge on any atom is -0.339 e. The van der Waals surface area contributed by atoms with Crippen LogP contribution in [0.3, 0.4) is 0 Å². The Kier molecular flexibility index (Phi) is 9.10. The molecule has 0 spiro atoms. The lowest BCUT2D eigenvalue weighted by Gasteiger charge is -2.32. The van der Waals surface area contributed by atoms with Gasteiger partial charge >= 0.3 is 0 Å². The molecule has 2 aliphatic carbocycles. The van der Waals surface area contributed by atoms with Gasteiger partial charge in [-0.2, -0.15) is 4.89 Å². The SMILES string of the molecule is NS(=O)(=O)c1ccc(SCCC2CCN(C(=O)c3cc(OOC4CCCCC4)nc(C4CC4)c3)CC2)c(F)c1. The lowest BCUT2D eigenvalue weighted by Crippen LogP contribution is -2.38. The molecule has 0 radical (unpaired) electrons. The van der Waals surface area contributed by atoms with Crippen molar-refractivity contribution in [3.05, 3.63) is 47.4 Å². The van der Waals surface area contributed by atoms with Crippen molar-refractivity contribution < 1.29 is 27.4 Å². The standard InChI is InChI=1S/C28H36FN3O5S2/c29-24-18-23(39(30,34)35)8-9-26(24)38-15-12-19-10-13-32(14-11-19)28(33)21-16-25(20-6-7-20)31-27(17-21)37-36-22-4-2-1-3-5-22/h8-9,16-20,22H,1-7,10-15H2,(H2,30,34,35). The van der Waals surface area contributed by atoms with Crippen molar-refractivity contribution in [2.24, 2.45) is 11.1 Å². The van der Waals surface area contributed by atoms with E-state index >= 15 is 0 Å². The lowest BCUT2D eigenvalue weighted by atomic mass is 9.94. The Morgan fingerprint density at radius 3 is 2.46 bits per heavy atom. The van der Waals surface area contributed by atoms with E-state index in [1.807, 2.05) is 11.0 Å². The highest BCUT2D eigenvalue weighted by molar-refractivity contribution is 7.99. The molecule has 39 heavy (non-hydrogen) atoms. The van der Waals surface area contributed by atoms with Crippen molar-refractivity contribution in [3.8, 4) is 5.88 Å². The van der Waals surface area contributed by atoms with Crippen LogP contribution in [0.25, 0.3) is 0 Å². The number of rotatable bonds is 10. The molecule has 2 aromatic rings. The number of likely N-dealkylation sites (tertiary alicyclic amines) is 1. The van der Waals surface area contributed by atoms with Gasteiger partial charge in [-0.3, -0.25) is 4.79 Å². The van der Waals surface area contributed by atoms with Crippen molar-refractivity contribution in [1.82, 2.24) is 9.88 Å². The maximum Gasteiger partial charge on any atom is 0.257 e. The second kappa shape index (κ2) is 12.5. The molecule has 2 heterocycles. The van der Waals surface area contributed by atoms with Gasteiger partial charge in [0.05, 0.1) is 4.90 Å². The average Bonchev–Trinajstić information content (AvgIpc) is 3.78. The summed E-state index contributed by atoms with van der Waals surface area (Å²) in [7, 11) is -3.92. The van der Waals surface area contributed by atoms with Crippen LogP contribution in [-0.2, 0) is 14.9 Å². The van der Waals surface area contributed by atoms with E-state index in [4.69, 9.17) is 14.9 Å². The predicted octanol–water partition coefficient (Wildman–Crippen LogP) is 5.42. The first kappa shape index (κ1) is 28.3. The molecule has 2 N–H and O–H groups in total. The van der Waals surface area contributed by atoms with Crippen molar-refractivity contribution in [2.75, 3.05) is 18.8 Å². The van der Waals surface area contributed by atoms with E-state index in [0.29, 0.717) is 47.0 Å². The zero-order chi connectivity index (χ0) is 27.4. The summed E-state index contributed by atoms with van der Waals surface area (Å²) in [6.45, 7) is 1.34. The zero-order valence-electron chi connectivity index (χ0n) is 22.0. The first-order valence-corrected chi connectivity index (χ1v) is 16.4. The summed E-state index contributed by atoms with van der Waals surface area (Å²) in [6, 6.07) is 7.37. The molecule has 3 fully saturated rings. The topological polar surface area (TPSA) is 112 Å². The molecule has 1 saturated heterocycles. The van der Waals surface area contributed by atoms with Crippen LogP contribution in [0.5, 0.6) is 5.88 Å². The van der Waals surface area contributed by atoms with Gasteiger partial charge in [-0.25, -0.2) is 22.9 Å². The Bertz CT molecular complexity index is 1270. The number of piperidine rings is 1. The molecule has 1 aromatic heterocycles. The minimum absolute atomic E-state index is 0.00772. The van der Waals surface area contributed by atoms with E-state index < -0.39 is 15.8 Å². The first-order chi connectivity index (χ1) is 18.8. The number of thioether (sulfide) groups is 1. The van der Waals surface area contributed by atoms with Crippen molar-refractivity contribution in [3.63, 3.8) is 0 Å². The van der Waals surface area contributed by atoms with Gasteiger partial charge in [-0.05, 0) is 80.9 Å². The summed E-state index contributed by atoms with van der Waals surface area (Å²) in [5.74, 6) is 1.31. The Hall–Kier alpha value is -2.21. The number of nitrogens with zero attached hydrogens (tertiary/aromatic N) is 2. The quantitative estimate of drug-likeness (QED) is 0.228. The molecule has 212 valence electrons. The van der Waals surface area contributed by atoms with E-state index in [9.17, 15) is 17.6 Å². The molecular formula is C28H36FN3O5S2. The van der Waals surface area contributed by atoms with Crippen LogP contribution in [-0.4, -0.2) is 49.2 Å². The maximum atomic E-state index is 14.3. The van der Waals surface area contributed by atoms with Crippen LogP contribution >= 0.6 is 11.8 Å². The molecule has 0 atom stereocenters. The summed E-state index contributed by atoms with van der Waals surface area (Å²) < 4.78 is 37.1. The number of pyridine rings is 1. The molecule has 3 aliphatic rings. The molecule has 0 bridgehead atoms. The summed E-state index contributed by atoms with van der Waals surface area (Å²) in [6.07, 6.45) is 10.4. The van der Waals surface area contributed by atoms with Crippen molar-refractivity contribution in [1.29, 1.82) is 0 Å². The number of amides is 1. The van der Waals surface area contributed by atoms with Gasteiger partial charge in [0.1, 0.15) is 11.9 Å². The van der Waals surface area contributed by atoms with E-state index in [-0.39, 0.29) is 16.9 Å². The van der Waals surface area contributed by atoms with E-state index in [2.05, 4.69) is 4.98 Å². The molecule has 1 aromatic carbocycles. The number of halogens is 1. The van der Waals surface area contributed by atoms with Crippen molar-refractivity contribution in [2.45, 2.75) is 86.0 Å². The van der Waals surface area contributed by atoms with Gasteiger partial charge in [-0.1, -0.05) is 19.3 Å². The van der Waals surface area contributed by atoms with Gasteiger partial charge in [-0.15, -0.1) is 11.8 Å². The van der Waals surface area contributed by atoms with Crippen LogP contribution in [0.2, 0.25) is 0 Å². The fourth-order valence-corrected chi connectivity index (χ4v) is 6.83. The molecule has 1 aliphatic heterocycles. The zero-order valence-corrected chi connectivity index (χ0v) is 23.7. The van der Waals surface area contributed by atoms with Gasteiger partial charge in [0.15, 0.2) is 0 Å². The molecule has 0 unspecified atom stereocenters. The number of hydrogen-bond donors (Lipinski definition) is 1. The second-order valence-corrected chi connectivity index (χ2v) is 13.5. The third-order valence-electron chi connectivity index (χ3n) is 7.80. The molecular weight excluding hydrogens is 541 g/mol. The molecule has 8 nitrogen and oxygen atoms in total. The van der Waals surface area contributed by atoms with Gasteiger partial charge in [0.2, 0.25) is 10.0 Å². The van der Waals surface area contributed by atoms with Gasteiger partial charge in [0.25, 0.3) is 11.8 Å². The third kappa shape index (κ3) is 7.71. The monoisotopic (exact) mass is 577 g/mol. The summed E-state index contributed by atoms with van der Waals surface area (Å²) >= 11 is 1.37. The van der Waals surface area contributed by atoms with Crippen LogP contribution in [0, 0.1) is 11.7 Å². The number of carbonyl (C=O) groups excluding carboxylic acids is 1. The summed E-state index contributed by atoms with van der Waals surface area (Å²) in [5.41, 5.74) is 1.50. The third-order valence-corrected chi connectivity index (χ3v) is 9.80. The van der Waals surface area contributed by atoms with Gasteiger partial charge in [0, 0.05) is 41.2 Å². The average molecular weight is 578 g/mol. The van der Waals surface area contributed by atoms with E-state index in [1.54, 1.807) is 6.07 Å². The summed E-state index contributed by atoms with van der Waals surface area (Å²) in [5, 5.41) is 5.07. The van der Waals surface area contributed by atoms with Crippen LogP contribution in [0.1, 0.15) is 86.2 Å². The van der Waals surface area contributed by atoms with Crippen LogP contribution < -0.4 is 10.0 Å². The number of nitrogens with two attached hydrogens (primary N) is 1. The van der Waals surface area contributed by atoms with Crippen LogP contribution in [0.15, 0.2) is 40.1 Å². The minimum atomic E-state index is -3.92. The number of hydrogen-bond acceptors (Lipinski definition) is 7. The predicted molar refractivity (Wildman–Crippen MR) is 147 cm³/mol. The Morgan fingerprint density at radius 1 is 1.05 bits per heavy atom. The Labute approximate surface area is 233 Å². The highest BCUT2D eigenvalue weighted by atomic mass is 32.2. The molecule has 11 heteroatoms. The second-order valence-electron chi connectivity index (χ2n) is 10.8. The largest absolute Gasteiger partial charge is 0.339 e. The normalized spacial score (nSPS) is 19.3. The number of carbonyl (C=O) groups is 1. The molecule has 1 amide bonds. The maximum absolute atomic E-state index is 14.3. The Balaban J connectivity index is 1.12. The highest BCUT2D eigenvalue weighted by Gasteiger charge is 2.29. The fourth-order valence-electron chi connectivity index (χ4n) is 5.28. The van der Waals surface area contributed by atoms with E-state index in [1.165, 1.54) is 30.3 Å². The first-order valence-electron chi connectivity index (χ1n) is 13.9. The highest BCUT2D eigenvalue weighted by Crippen LogP contribution is 2.40. The molecule has 2 saturated carbocycles. The summed E-state index contributed by atoms with van der Waals surface area (Å²) in [4.78, 5) is 31.4. The fraction of sp³-hybridized carbons (Fsp3) is 0.571. The molecule has 5 rings (SSSR count). The smallest absolute Gasteiger partial charge is 0.257 e. The van der Waals surface area contributed by atoms with Crippen molar-refractivity contribution >= 4 is 27.7 Å². The number of benzene rings is 1. The lowest BCUT2D eigenvalue weighted by molar-refractivity contribution is -0.253. The van der Waals surface area contributed by atoms with Crippen LogP contribution in [0.4, 0.5) is 4.39 Å². The Morgan fingerprint density at radius 2 is 1.79 bits per heavy atom. The van der Waals surface area contributed by atoms with E-state index in [0.717, 1.165) is 69.5 Å². The van der Waals surface area contributed by atoms with Gasteiger partial charge < -0.3 is 9.79 Å². The number of aromatic nitrogens is 1. The number of sulfonamides is 1.